The third kappa shape index (κ3) is 2.61. The molecule has 1 fully saturated rings. The molecule has 3 N–H and O–H groups in total. The van der Waals surface area contributed by atoms with Crippen LogP contribution in [0.25, 0.3) is 10.9 Å². The highest BCUT2D eigenvalue weighted by atomic mass is 16.5. The highest BCUT2D eigenvalue weighted by Crippen LogP contribution is 2.31. The molecule has 100 valence electrons. The number of aromatic nitrogens is 2. The van der Waals surface area contributed by atoms with Crippen molar-refractivity contribution in [3.63, 3.8) is 0 Å². The molecule has 1 saturated carbocycles. The van der Waals surface area contributed by atoms with Crippen LogP contribution in [-0.2, 0) is 11.2 Å². The minimum absolute atomic E-state index is 0.0455. The minimum atomic E-state index is -0.128. The van der Waals surface area contributed by atoms with E-state index in [4.69, 9.17) is 10.5 Å². The number of aromatic amines is 1. The van der Waals surface area contributed by atoms with Gasteiger partial charge >= 0.3 is 5.97 Å². The van der Waals surface area contributed by atoms with Crippen molar-refractivity contribution in [2.45, 2.75) is 32.2 Å². The van der Waals surface area contributed by atoms with E-state index in [-0.39, 0.29) is 17.9 Å². The van der Waals surface area contributed by atoms with Gasteiger partial charge in [0.25, 0.3) is 0 Å². The van der Waals surface area contributed by atoms with Gasteiger partial charge in [-0.05, 0) is 38.0 Å². The van der Waals surface area contributed by atoms with Crippen LogP contribution in [0.4, 0.5) is 0 Å². The largest absolute Gasteiger partial charge is 0.426 e. The van der Waals surface area contributed by atoms with Crippen LogP contribution >= 0.6 is 0 Å². The van der Waals surface area contributed by atoms with Gasteiger partial charge in [0, 0.05) is 17.8 Å². The van der Waals surface area contributed by atoms with Gasteiger partial charge in [-0.25, -0.2) is 0 Å². The Morgan fingerprint density at radius 2 is 2.37 bits per heavy atom. The lowest BCUT2D eigenvalue weighted by atomic mass is 10.1. The number of hydrogen-bond donors (Lipinski definition) is 2. The van der Waals surface area contributed by atoms with Crippen LogP contribution < -0.4 is 10.5 Å². The molecule has 1 heterocycles. The number of esters is 1. The van der Waals surface area contributed by atoms with Crippen LogP contribution in [0.15, 0.2) is 18.2 Å². The Labute approximate surface area is 111 Å². The zero-order valence-electron chi connectivity index (χ0n) is 10.8. The third-order valence-electron chi connectivity index (χ3n) is 3.26. The minimum Gasteiger partial charge on any atom is -0.426 e. The average Bonchev–Trinajstić information content (AvgIpc) is 3.14. The first kappa shape index (κ1) is 12.2. The molecule has 19 heavy (non-hydrogen) atoms. The van der Waals surface area contributed by atoms with E-state index in [1.807, 2.05) is 19.1 Å². The summed E-state index contributed by atoms with van der Waals surface area (Å²) >= 11 is 0. The maximum Gasteiger partial charge on any atom is 0.314 e. The number of nitrogens with two attached hydrogens (primary N) is 1. The second-order valence-electron chi connectivity index (χ2n) is 5.25. The van der Waals surface area contributed by atoms with Crippen LogP contribution in [0, 0.1) is 5.92 Å². The molecular formula is C14H17N3O2. The lowest BCUT2D eigenvalue weighted by molar-refractivity contribution is -0.135. The van der Waals surface area contributed by atoms with Crippen LogP contribution in [0.1, 0.15) is 25.5 Å². The third-order valence-corrected chi connectivity index (χ3v) is 3.26. The molecule has 0 radical (unpaired) electrons. The van der Waals surface area contributed by atoms with Crippen molar-refractivity contribution in [1.29, 1.82) is 0 Å². The van der Waals surface area contributed by atoms with E-state index < -0.39 is 0 Å². The number of H-pyrrole nitrogens is 1. The first-order valence-corrected chi connectivity index (χ1v) is 6.58. The SMILES string of the molecule is CC(N)Cc1n[nH]c2ccc(OC(=O)C3CC3)cc12. The lowest BCUT2D eigenvalue weighted by Crippen LogP contribution is -2.18. The van der Waals surface area contributed by atoms with Crippen LogP contribution in [-0.4, -0.2) is 22.2 Å². The van der Waals surface area contributed by atoms with Crippen molar-refractivity contribution in [3.8, 4) is 5.75 Å². The number of carbonyl (C=O) groups is 1. The number of fused-ring (bicyclic) bond motifs is 1. The molecule has 0 amide bonds. The predicted octanol–water partition coefficient (Wildman–Crippen LogP) is 1.77. The van der Waals surface area contributed by atoms with Crippen molar-refractivity contribution >= 4 is 16.9 Å². The summed E-state index contributed by atoms with van der Waals surface area (Å²) in [4.78, 5) is 11.6. The van der Waals surface area contributed by atoms with Gasteiger partial charge in [0.1, 0.15) is 5.75 Å². The number of carbonyl (C=O) groups excluding carboxylic acids is 1. The van der Waals surface area contributed by atoms with E-state index in [1.54, 1.807) is 6.07 Å². The summed E-state index contributed by atoms with van der Waals surface area (Å²) in [6.45, 7) is 1.94. The van der Waals surface area contributed by atoms with Crippen LogP contribution in [0.2, 0.25) is 0 Å². The lowest BCUT2D eigenvalue weighted by Gasteiger charge is -2.04. The second-order valence-corrected chi connectivity index (χ2v) is 5.25. The summed E-state index contributed by atoms with van der Waals surface area (Å²) in [5, 5.41) is 8.19. The maximum atomic E-state index is 11.6. The monoisotopic (exact) mass is 259 g/mol. The Hall–Kier alpha value is -1.88. The zero-order chi connectivity index (χ0) is 13.4. The van der Waals surface area contributed by atoms with Gasteiger partial charge in [-0.15, -0.1) is 0 Å². The molecule has 1 aliphatic carbocycles. The highest BCUT2D eigenvalue weighted by Gasteiger charge is 2.31. The maximum absolute atomic E-state index is 11.6. The fraction of sp³-hybridized carbons (Fsp3) is 0.429. The van der Waals surface area contributed by atoms with Crippen LogP contribution in [0.5, 0.6) is 5.75 Å². The summed E-state index contributed by atoms with van der Waals surface area (Å²) in [5.74, 6) is 0.553. The van der Waals surface area contributed by atoms with E-state index in [0.717, 1.165) is 29.4 Å². The van der Waals surface area contributed by atoms with Gasteiger partial charge in [-0.1, -0.05) is 0 Å². The van der Waals surface area contributed by atoms with Crippen molar-refractivity contribution in [1.82, 2.24) is 10.2 Å². The summed E-state index contributed by atoms with van der Waals surface area (Å²) in [5.41, 5.74) is 7.65. The first-order chi connectivity index (χ1) is 9.13. The molecule has 5 heteroatoms. The average molecular weight is 259 g/mol. The molecule has 0 spiro atoms. The zero-order valence-corrected chi connectivity index (χ0v) is 10.8. The molecule has 5 nitrogen and oxygen atoms in total. The Morgan fingerprint density at radius 1 is 1.58 bits per heavy atom. The normalized spacial score (nSPS) is 16.5. The van der Waals surface area contributed by atoms with Crippen molar-refractivity contribution in [2.75, 3.05) is 0 Å². The number of rotatable bonds is 4. The summed E-state index contributed by atoms with van der Waals surface area (Å²) in [6.07, 6.45) is 2.59. The molecule has 1 unspecified atom stereocenters. The number of nitrogens with zero attached hydrogens (tertiary/aromatic N) is 1. The molecule has 1 aliphatic rings. The standard InChI is InChI=1S/C14H17N3O2/c1-8(15)6-13-11-7-10(4-5-12(11)16-17-13)19-14(18)9-2-3-9/h4-5,7-9H,2-3,6,15H2,1H3,(H,16,17). The molecule has 3 rings (SSSR count). The molecule has 0 bridgehead atoms. The molecule has 1 atom stereocenters. The quantitative estimate of drug-likeness (QED) is 0.647. The van der Waals surface area contributed by atoms with Crippen LogP contribution in [0.3, 0.4) is 0 Å². The number of nitrogens with one attached hydrogen (secondary N) is 1. The van der Waals surface area contributed by atoms with Crippen molar-refractivity contribution in [3.05, 3.63) is 23.9 Å². The smallest absolute Gasteiger partial charge is 0.314 e. The molecule has 0 saturated heterocycles. The van der Waals surface area contributed by atoms with Gasteiger partial charge in [-0.3, -0.25) is 9.89 Å². The highest BCUT2D eigenvalue weighted by molar-refractivity contribution is 5.84. The molecular weight excluding hydrogens is 242 g/mol. The second kappa shape index (κ2) is 4.66. The van der Waals surface area contributed by atoms with E-state index in [2.05, 4.69) is 10.2 Å². The van der Waals surface area contributed by atoms with Gasteiger partial charge in [0.15, 0.2) is 0 Å². The Kier molecular flexibility index (Phi) is 2.98. The van der Waals surface area contributed by atoms with Crippen molar-refractivity contribution in [2.24, 2.45) is 11.7 Å². The topological polar surface area (TPSA) is 81.0 Å². The van der Waals surface area contributed by atoms with Gasteiger partial charge in [0.05, 0.1) is 17.1 Å². The van der Waals surface area contributed by atoms with E-state index in [1.165, 1.54) is 0 Å². The van der Waals surface area contributed by atoms with E-state index in [0.29, 0.717) is 12.2 Å². The summed E-state index contributed by atoms with van der Waals surface area (Å²) in [7, 11) is 0. The first-order valence-electron chi connectivity index (χ1n) is 6.58. The molecule has 0 aliphatic heterocycles. The number of benzene rings is 1. The van der Waals surface area contributed by atoms with Gasteiger partial charge in [0.2, 0.25) is 0 Å². The Bertz CT molecular complexity index is 614. The Morgan fingerprint density at radius 3 is 3.05 bits per heavy atom. The van der Waals surface area contributed by atoms with Gasteiger partial charge < -0.3 is 10.5 Å². The number of hydrogen-bond acceptors (Lipinski definition) is 4. The predicted molar refractivity (Wildman–Crippen MR) is 71.8 cm³/mol. The fourth-order valence-corrected chi connectivity index (χ4v) is 2.09. The molecule has 1 aromatic heterocycles. The number of ether oxygens (including phenoxy) is 1. The van der Waals surface area contributed by atoms with Gasteiger partial charge in [-0.2, -0.15) is 5.10 Å². The van der Waals surface area contributed by atoms with E-state index >= 15 is 0 Å². The molecule has 2 aromatic rings. The summed E-state index contributed by atoms with van der Waals surface area (Å²) < 4.78 is 5.36. The van der Waals surface area contributed by atoms with E-state index in [9.17, 15) is 4.79 Å². The van der Waals surface area contributed by atoms with Crippen molar-refractivity contribution < 1.29 is 9.53 Å². The Balaban J connectivity index is 1.87. The fourth-order valence-electron chi connectivity index (χ4n) is 2.09. The molecule has 1 aromatic carbocycles. The summed E-state index contributed by atoms with van der Waals surface area (Å²) in [6, 6.07) is 5.57.